The minimum atomic E-state index is -0.689. The van der Waals surface area contributed by atoms with E-state index in [1.54, 1.807) is 18.3 Å². The lowest BCUT2D eigenvalue weighted by Crippen LogP contribution is -2.27. The largest absolute Gasteiger partial charge is 0.387 e. The van der Waals surface area contributed by atoms with E-state index >= 15 is 0 Å². The highest BCUT2D eigenvalue weighted by atomic mass is 19.1. The van der Waals surface area contributed by atoms with E-state index in [0.717, 1.165) is 16.8 Å². The van der Waals surface area contributed by atoms with E-state index in [4.69, 9.17) is 0 Å². The molecular formula is C16H18FNO. The first-order chi connectivity index (χ1) is 8.91. The molecule has 2 rings (SSSR count). The van der Waals surface area contributed by atoms with Gasteiger partial charge < -0.3 is 5.11 Å². The standard InChI is InChI=1S/C16H18FNO/c1-11-4-5-12(10-18-11)15(19)16(2,3)13-6-8-14(17)9-7-13/h4-10,15,19H,1-3H3. The number of pyridine rings is 1. The number of hydrogen-bond acceptors (Lipinski definition) is 2. The van der Waals surface area contributed by atoms with Gasteiger partial charge in [0.05, 0.1) is 6.10 Å². The van der Waals surface area contributed by atoms with Gasteiger partial charge >= 0.3 is 0 Å². The van der Waals surface area contributed by atoms with Crippen molar-refractivity contribution in [2.75, 3.05) is 0 Å². The number of aromatic nitrogens is 1. The van der Waals surface area contributed by atoms with Crippen LogP contribution in [0.5, 0.6) is 0 Å². The third-order valence-corrected chi connectivity index (χ3v) is 3.52. The van der Waals surface area contributed by atoms with Crippen LogP contribution in [0.3, 0.4) is 0 Å². The monoisotopic (exact) mass is 259 g/mol. The van der Waals surface area contributed by atoms with Crippen molar-refractivity contribution >= 4 is 0 Å². The van der Waals surface area contributed by atoms with Crippen molar-refractivity contribution in [3.05, 3.63) is 65.2 Å². The second-order valence-corrected chi connectivity index (χ2v) is 5.36. The summed E-state index contributed by atoms with van der Waals surface area (Å²) in [5, 5.41) is 10.5. The van der Waals surface area contributed by atoms with Crippen LogP contribution < -0.4 is 0 Å². The second-order valence-electron chi connectivity index (χ2n) is 5.36. The SMILES string of the molecule is Cc1ccc(C(O)C(C)(C)c2ccc(F)cc2)cn1. The number of aryl methyl sites for hydroxylation is 1. The van der Waals surface area contributed by atoms with Crippen LogP contribution in [-0.2, 0) is 5.41 Å². The Morgan fingerprint density at radius 1 is 1.11 bits per heavy atom. The fraction of sp³-hybridized carbons (Fsp3) is 0.312. The van der Waals surface area contributed by atoms with Gasteiger partial charge in [-0.2, -0.15) is 0 Å². The molecular weight excluding hydrogens is 241 g/mol. The lowest BCUT2D eigenvalue weighted by atomic mass is 9.77. The molecule has 1 N–H and O–H groups in total. The van der Waals surface area contributed by atoms with Crippen molar-refractivity contribution in [1.82, 2.24) is 4.98 Å². The molecule has 19 heavy (non-hydrogen) atoms. The molecule has 2 nitrogen and oxygen atoms in total. The highest BCUT2D eigenvalue weighted by Gasteiger charge is 2.31. The zero-order chi connectivity index (χ0) is 14.0. The molecule has 1 aromatic carbocycles. The van der Waals surface area contributed by atoms with Crippen LogP contribution in [0.25, 0.3) is 0 Å². The van der Waals surface area contributed by atoms with E-state index in [9.17, 15) is 9.50 Å². The average Bonchev–Trinajstić information content (AvgIpc) is 2.39. The van der Waals surface area contributed by atoms with Crippen LogP contribution in [0.2, 0.25) is 0 Å². The number of rotatable bonds is 3. The summed E-state index contributed by atoms with van der Waals surface area (Å²) in [6, 6.07) is 9.99. The summed E-state index contributed by atoms with van der Waals surface area (Å²) in [7, 11) is 0. The van der Waals surface area contributed by atoms with E-state index < -0.39 is 11.5 Å². The normalized spacial score (nSPS) is 13.3. The topological polar surface area (TPSA) is 33.1 Å². The predicted octanol–water partition coefficient (Wildman–Crippen LogP) is 3.54. The summed E-state index contributed by atoms with van der Waals surface area (Å²) in [6.07, 6.45) is 0.997. The highest BCUT2D eigenvalue weighted by Crippen LogP contribution is 2.36. The van der Waals surface area contributed by atoms with Gasteiger partial charge in [-0.15, -0.1) is 0 Å². The summed E-state index contributed by atoms with van der Waals surface area (Å²) in [4.78, 5) is 4.20. The molecule has 0 fully saturated rings. The third kappa shape index (κ3) is 2.82. The van der Waals surface area contributed by atoms with Gasteiger partial charge in [0.25, 0.3) is 0 Å². The maximum Gasteiger partial charge on any atom is 0.123 e. The molecule has 1 unspecified atom stereocenters. The molecule has 100 valence electrons. The second kappa shape index (κ2) is 5.10. The zero-order valence-corrected chi connectivity index (χ0v) is 11.4. The number of aliphatic hydroxyl groups excluding tert-OH is 1. The Balaban J connectivity index is 2.32. The number of hydrogen-bond donors (Lipinski definition) is 1. The molecule has 1 aromatic heterocycles. The lowest BCUT2D eigenvalue weighted by molar-refractivity contribution is 0.0998. The Morgan fingerprint density at radius 2 is 1.74 bits per heavy atom. The lowest BCUT2D eigenvalue weighted by Gasteiger charge is -2.31. The van der Waals surface area contributed by atoms with Gasteiger partial charge in [0, 0.05) is 17.3 Å². The number of benzene rings is 1. The molecule has 0 aliphatic rings. The van der Waals surface area contributed by atoms with Gasteiger partial charge in [0.15, 0.2) is 0 Å². The first kappa shape index (κ1) is 13.7. The smallest absolute Gasteiger partial charge is 0.123 e. The van der Waals surface area contributed by atoms with Crippen molar-refractivity contribution in [2.45, 2.75) is 32.3 Å². The highest BCUT2D eigenvalue weighted by molar-refractivity contribution is 5.30. The van der Waals surface area contributed by atoms with E-state index in [-0.39, 0.29) is 5.82 Å². The predicted molar refractivity (Wildman–Crippen MR) is 73.4 cm³/mol. The molecule has 3 heteroatoms. The first-order valence-electron chi connectivity index (χ1n) is 6.28. The molecule has 0 saturated carbocycles. The fourth-order valence-corrected chi connectivity index (χ4v) is 2.09. The van der Waals surface area contributed by atoms with Crippen molar-refractivity contribution in [3.8, 4) is 0 Å². The summed E-state index contributed by atoms with van der Waals surface area (Å²) in [5.41, 5.74) is 2.06. The van der Waals surface area contributed by atoms with Crippen LogP contribution in [0.15, 0.2) is 42.6 Å². The fourth-order valence-electron chi connectivity index (χ4n) is 2.09. The van der Waals surface area contributed by atoms with E-state index in [2.05, 4.69) is 4.98 Å². The summed E-state index contributed by atoms with van der Waals surface area (Å²) >= 11 is 0. The first-order valence-corrected chi connectivity index (χ1v) is 6.28. The molecule has 0 bridgehead atoms. The van der Waals surface area contributed by atoms with Gasteiger partial charge in [-0.05, 0) is 36.2 Å². The Bertz CT molecular complexity index is 546. The molecule has 0 aliphatic carbocycles. The molecule has 1 heterocycles. The van der Waals surface area contributed by atoms with Gasteiger partial charge in [-0.1, -0.05) is 32.0 Å². The average molecular weight is 259 g/mol. The molecule has 0 spiro atoms. The van der Waals surface area contributed by atoms with Crippen molar-refractivity contribution < 1.29 is 9.50 Å². The van der Waals surface area contributed by atoms with Crippen molar-refractivity contribution in [2.24, 2.45) is 0 Å². The van der Waals surface area contributed by atoms with Gasteiger partial charge in [0.1, 0.15) is 5.82 Å². The van der Waals surface area contributed by atoms with Crippen LogP contribution in [-0.4, -0.2) is 10.1 Å². The van der Waals surface area contributed by atoms with Crippen LogP contribution >= 0.6 is 0 Å². The molecule has 0 amide bonds. The summed E-state index contributed by atoms with van der Waals surface area (Å²) in [6.45, 7) is 5.77. The van der Waals surface area contributed by atoms with Crippen LogP contribution in [0.1, 0.15) is 36.8 Å². The maximum atomic E-state index is 13.0. The Hall–Kier alpha value is -1.74. The number of aliphatic hydroxyl groups is 1. The molecule has 0 saturated heterocycles. The maximum absolute atomic E-state index is 13.0. The summed E-state index contributed by atoms with van der Waals surface area (Å²) < 4.78 is 13.0. The van der Waals surface area contributed by atoms with Gasteiger partial charge in [0.2, 0.25) is 0 Å². The van der Waals surface area contributed by atoms with Crippen molar-refractivity contribution in [3.63, 3.8) is 0 Å². The zero-order valence-electron chi connectivity index (χ0n) is 11.4. The van der Waals surface area contributed by atoms with Gasteiger partial charge in [-0.25, -0.2) is 4.39 Å². The van der Waals surface area contributed by atoms with E-state index in [1.165, 1.54) is 12.1 Å². The van der Waals surface area contributed by atoms with E-state index in [0.29, 0.717) is 0 Å². The minimum absolute atomic E-state index is 0.272. The molecule has 1 atom stereocenters. The van der Waals surface area contributed by atoms with E-state index in [1.807, 2.05) is 32.9 Å². The molecule has 0 aliphatic heterocycles. The number of nitrogens with zero attached hydrogens (tertiary/aromatic N) is 1. The minimum Gasteiger partial charge on any atom is -0.387 e. The van der Waals surface area contributed by atoms with Crippen molar-refractivity contribution in [1.29, 1.82) is 0 Å². The Kier molecular flexibility index (Phi) is 3.67. The molecule has 2 aromatic rings. The van der Waals surface area contributed by atoms with Crippen LogP contribution in [0, 0.1) is 12.7 Å². The number of halogens is 1. The summed E-state index contributed by atoms with van der Waals surface area (Å²) in [5.74, 6) is -0.272. The third-order valence-electron chi connectivity index (χ3n) is 3.52. The van der Waals surface area contributed by atoms with Crippen LogP contribution in [0.4, 0.5) is 4.39 Å². The van der Waals surface area contributed by atoms with Gasteiger partial charge in [-0.3, -0.25) is 4.98 Å². The Morgan fingerprint density at radius 3 is 2.26 bits per heavy atom. The Labute approximate surface area is 112 Å². The molecule has 0 radical (unpaired) electrons. The quantitative estimate of drug-likeness (QED) is 0.914.